The molecular weight excluding hydrogens is 326 g/mol. The van der Waals surface area contributed by atoms with Crippen LogP contribution in [0.2, 0.25) is 0 Å². The summed E-state index contributed by atoms with van der Waals surface area (Å²) < 4.78 is 15.9. The van der Waals surface area contributed by atoms with Gasteiger partial charge in [0.05, 0.1) is 19.3 Å². The molecule has 2 saturated heterocycles. The van der Waals surface area contributed by atoms with E-state index in [2.05, 4.69) is 10.3 Å². The van der Waals surface area contributed by atoms with Crippen LogP contribution in [0.15, 0.2) is 18.3 Å². The van der Waals surface area contributed by atoms with E-state index in [4.69, 9.17) is 14.2 Å². The first kappa shape index (κ1) is 17.6. The van der Waals surface area contributed by atoms with E-state index >= 15 is 0 Å². The number of pyridine rings is 1. The van der Waals surface area contributed by atoms with Crippen LogP contribution in [0.5, 0.6) is 0 Å². The van der Waals surface area contributed by atoms with Gasteiger partial charge in [-0.15, -0.1) is 0 Å². The third-order valence-corrected chi connectivity index (χ3v) is 4.20. The number of nitrogens with zero attached hydrogens (tertiary/aromatic N) is 2. The largest absolute Gasteiger partial charge is 0.452 e. The van der Waals surface area contributed by atoms with Crippen molar-refractivity contribution in [3.8, 4) is 0 Å². The summed E-state index contributed by atoms with van der Waals surface area (Å²) in [5.74, 6) is -0.321. The first-order valence-corrected chi connectivity index (χ1v) is 8.57. The molecule has 136 valence electrons. The number of carbonyl (C=O) groups is 2. The Morgan fingerprint density at radius 1 is 1.32 bits per heavy atom. The smallest absolute Gasteiger partial charge is 0.342 e. The van der Waals surface area contributed by atoms with Crippen molar-refractivity contribution in [2.75, 3.05) is 51.0 Å². The third kappa shape index (κ3) is 4.90. The fourth-order valence-electron chi connectivity index (χ4n) is 2.88. The van der Waals surface area contributed by atoms with Crippen LogP contribution < -0.4 is 10.2 Å². The van der Waals surface area contributed by atoms with Gasteiger partial charge in [-0.05, 0) is 25.0 Å². The monoisotopic (exact) mass is 349 g/mol. The molecule has 0 spiro atoms. The van der Waals surface area contributed by atoms with E-state index in [0.29, 0.717) is 44.2 Å². The van der Waals surface area contributed by atoms with Crippen molar-refractivity contribution in [2.45, 2.75) is 18.9 Å². The predicted octanol–water partition coefficient (Wildman–Crippen LogP) is 0.370. The van der Waals surface area contributed by atoms with E-state index in [1.807, 2.05) is 4.90 Å². The fraction of sp³-hybridized carbons (Fsp3) is 0.588. The maximum atomic E-state index is 12.3. The zero-order chi connectivity index (χ0) is 17.5. The minimum absolute atomic E-state index is 0.0610. The summed E-state index contributed by atoms with van der Waals surface area (Å²) in [6.45, 7) is 3.39. The lowest BCUT2D eigenvalue weighted by atomic mass is 10.2. The topological polar surface area (TPSA) is 90.0 Å². The molecule has 25 heavy (non-hydrogen) atoms. The lowest BCUT2D eigenvalue weighted by molar-refractivity contribution is -0.124. The summed E-state index contributed by atoms with van der Waals surface area (Å²) in [5, 5.41) is 2.73. The molecule has 0 radical (unpaired) electrons. The molecule has 0 unspecified atom stereocenters. The van der Waals surface area contributed by atoms with Crippen LogP contribution in [0.25, 0.3) is 0 Å². The average Bonchev–Trinajstić information content (AvgIpc) is 3.19. The highest BCUT2D eigenvalue weighted by atomic mass is 16.5. The molecule has 1 atom stereocenters. The number of carbonyl (C=O) groups excluding carboxylic acids is 2. The molecule has 0 saturated carbocycles. The lowest BCUT2D eigenvalue weighted by Crippen LogP contribution is -2.38. The van der Waals surface area contributed by atoms with Crippen LogP contribution >= 0.6 is 0 Å². The summed E-state index contributed by atoms with van der Waals surface area (Å²) in [6, 6.07) is 3.34. The molecular formula is C17H23N3O5. The van der Waals surface area contributed by atoms with Crippen LogP contribution in [0.4, 0.5) is 5.82 Å². The van der Waals surface area contributed by atoms with E-state index in [0.717, 1.165) is 19.4 Å². The van der Waals surface area contributed by atoms with Gasteiger partial charge in [-0.2, -0.15) is 0 Å². The normalized spacial score (nSPS) is 20.3. The molecule has 0 aliphatic carbocycles. The van der Waals surface area contributed by atoms with Crippen molar-refractivity contribution in [3.05, 3.63) is 23.9 Å². The Kier molecular flexibility index (Phi) is 6.19. The molecule has 0 aromatic carbocycles. The molecule has 2 aliphatic heterocycles. The second-order valence-corrected chi connectivity index (χ2v) is 5.99. The number of amides is 1. The SMILES string of the molecule is O=C(COC(=O)c1cccnc1N1CCOCC1)NC[C@@H]1CCCO1. The molecule has 1 amide bonds. The first-order chi connectivity index (χ1) is 12.2. The van der Waals surface area contributed by atoms with Crippen molar-refractivity contribution in [1.29, 1.82) is 0 Å². The van der Waals surface area contributed by atoms with E-state index in [9.17, 15) is 9.59 Å². The molecule has 1 aromatic heterocycles. The molecule has 1 N–H and O–H groups in total. The quantitative estimate of drug-likeness (QED) is 0.742. The van der Waals surface area contributed by atoms with E-state index in [-0.39, 0.29) is 18.6 Å². The van der Waals surface area contributed by atoms with Gasteiger partial charge in [0.15, 0.2) is 6.61 Å². The Labute approximate surface area is 146 Å². The zero-order valence-corrected chi connectivity index (χ0v) is 14.1. The Morgan fingerprint density at radius 2 is 2.16 bits per heavy atom. The highest BCUT2D eigenvalue weighted by molar-refractivity contribution is 5.96. The zero-order valence-electron chi connectivity index (χ0n) is 14.1. The number of rotatable bonds is 6. The first-order valence-electron chi connectivity index (χ1n) is 8.57. The maximum Gasteiger partial charge on any atom is 0.342 e. The number of morpholine rings is 1. The predicted molar refractivity (Wildman–Crippen MR) is 89.5 cm³/mol. The van der Waals surface area contributed by atoms with Crippen LogP contribution in [0, 0.1) is 0 Å². The molecule has 0 bridgehead atoms. The summed E-state index contributed by atoms with van der Waals surface area (Å²) >= 11 is 0. The van der Waals surface area contributed by atoms with Gasteiger partial charge in [0.2, 0.25) is 0 Å². The van der Waals surface area contributed by atoms with E-state index < -0.39 is 5.97 Å². The van der Waals surface area contributed by atoms with Crippen LogP contribution in [-0.4, -0.2) is 69.0 Å². The fourth-order valence-corrected chi connectivity index (χ4v) is 2.88. The summed E-state index contributed by atoms with van der Waals surface area (Å²) in [6.07, 6.45) is 3.65. The Balaban J connectivity index is 1.51. The minimum atomic E-state index is -0.554. The second-order valence-electron chi connectivity index (χ2n) is 5.99. The van der Waals surface area contributed by atoms with Crippen LogP contribution in [0.1, 0.15) is 23.2 Å². The highest BCUT2D eigenvalue weighted by Crippen LogP contribution is 2.19. The van der Waals surface area contributed by atoms with Crippen LogP contribution in [0.3, 0.4) is 0 Å². The minimum Gasteiger partial charge on any atom is -0.452 e. The van der Waals surface area contributed by atoms with Gasteiger partial charge in [0.1, 0.15) is 11.4 Å². The van der Waals surface area contributed by atoms with Gasteiger partial charge in [-0.25, -0.2) is 9.78 Å². The highest BCUT2D eigenvalue weighted by Gasteiger charge is 2.22. The van der Waals surface area contributed by atoms with Gasteiger partial charge in [-0.3, -0.25) is 4.79 Å². The number of hydrogen-bond donors (Lipinski definition) is 1. The molecule has 3 heterocycles. The Bertz CT molecular complexity index is 598. The molecule has 8 heteroatoms. The van der Waals surface area contributed by atoms with Crippen molar-refractivity contribution >= 4 is 17.7 Å². The number of ether oxygens (including phenoxy) is 3. The molecule has 2 aliphatic rings. The van der Waals surface area contributed by atoms with Crippen molar-refractivity contribution < 1.29 is 23.8 Å². The number of hydrogen-bond acceptors (Lipinski definition) is 7. The maximum absolute atomic E-state index is 12.3. The van der Waals surface area contributed by atoms with Gasteiger partial charge < -0.3 is 24.4 Å². The Morgan fingerprint density at radius 3 is 2.92 bits per heavy atom. The molecule has 8 nitrogen and oxygen atoms in total. The molecule has 2 fully saturated rings. The summed E-state index contributed by atoms with van der Waals surface area (Å²) in [4.78, 5) is 30.5. The van der Waals surface area contributed by atoms with Crippen molar-refractivity contribution in [2.24, 2.45) is 0 Å². The van der Waals surface area contributed by atoms with Gasteiger partial charge >= 0.3 is 5.97 Å². The number of anilines is 1. The summed E-state index contributed by atoms with van der Waals surface area (Å²) in [5.41, 5.74) is 0.358. The summed E-state index contributed by atoms with van der Waals surface area (Å²) in [7, 11) is 0. The number of esters is 1. The second kappa shape index (κ2) is 8.77. The van der Waals surface area contributed by atoms with Crippen molar-refractivity contribution in [3.63, 3.8) is 0 Å². The molecule has 1 aromatic rings. The van der Waals surface area contributed by atoms with Gasteiger partial charge in [0, 0.05) is 32.4 Å². The van der Waals surface area contributed by atoms with Crippen molar-refractivity contribution in [1.82, 2.24) is 10.3 Å². The standard InChI is InChI=1S/C17H23N3O5/c21-15(19-11-13-3-2-8-24-13)12-25-17(22)14-4-1-5-18-16(14)20-6-9-23-10-7-20/h1,4-5,13H,2-3,6-12H2,(H,19,21)/t13-/m0/s1. The van der Waals surface area contributed by atoms with E-state index in [1.54, 1.807) is 18.3 Å². The lowest BCUT2D eigenvalue weighted by Gasteiger charge is -2.28. The van der Waals surface area contributed by atoms with Gasteiger partial charge in [-0.1, -0.05) is 0 Å². The Hall–Kier alpha value is -2.19. The average molecular weight is 349 g/mol. The van der Waals surface area contributed by atoms with E-state index in [1.165, 1.54) is 0 Å². The number of nitrogens with one attached hydrogen (secondary N) is 1. The third-order valence-electron chi connectivity index (χ3n) is 4.20. The van der Waals surface area contributed by atoms with Crippen LogP contribution in [-0.2, 0) is 19.0 Å². The molecule has 3 rings (SSSR count). The number of aromatic nitrogens is 1. The van der Waals surface area contributed by atoms with Gasteiger partial charge in [0.25, 0.3) is 5.91 Å².